The zero-order valence-electron chi connectivity index (χ0n) is 7.87. The van der Waals surface area contributed by atoms with Crippen LogP contribution in [0.1, 0.15) is 5.56 Å². The zero-order chi connectivity index (χ0) is 10.7. The van der Waals surface area contributed by atoms with Crippen LogP contribution in [0.5, 0.6) is 0 Å². The van der Waals surface area contributed by atoms with E-state index >= 15 is 0 Å². The molecule has 2 aromatic heterocycles. The molecule has 0 bridgehead atoms. The number of hydrogen-bond acceptors (Lipinski definition) is 5. The maximum absolute atomic E-state index is 9.33. The summed E-state index contributed by atoms with van der Waals surface area (Å²) in [6.45, 7) is 0.419. The van der Waals surface area contributed by atoms with Crippen LogP contribution in [0.2, 0.25) is 0 Å². The molecule has 0 aliphatic carbocycles. The van der Waals surface area contributed by atoms with Crippen molar-refractivity contribution in [2.45, 2.75) is 6.54 Å². The normalized spacial score (nSPS) is 11.9. The Morgan fingerprint density at radius 1 is 1.47 bits per heavy atom. The minimum atomic E-state index is 0.236. The van der Waals surface area contributed by atoms with E-state index < -0.39 is 0 Å². The number of furan rings is 1. The highest BCUT2D eigenvalue weighted by molar-refractivity contribution is 5.23. The highest BCUT2D eigenvalue weighted by Crippen LogP contribution is 2.00. The van der Waals surface area contributed by atoms with Crippen LogP contribution >= 0.6 is 0 Å². The van der Waals surface area contributed by atoms with Crippen LogP contribution in [-0.4, -0.2) is 15.2 Å². The predicted molar refractivity (Wildman–Crippen MR) is 51.8 cm³/mol. The van der Waals surface area contributed by atoms with Crippen molar-refractivity contribution in [3.8, 4) is 0 Å². The van der Waals surface area contributed by atoms with Crippen molar-refractivity contribution in [3.63, 3.8) is 0 Å². The Bertz CT molecular complexity index is 501. The quantitative estimate of drug-likeness (QED) is 0.696. The number of aromatic nitrogens is 2. The van der Waals surface area contributed by atoms with Crippen LogP contribution in [-0.2, 0) is 6.54 Å². The molecule has 0 amide bonds. The minimum absolute atomic E-state index is 0.236. The minimum Gasteiger partial charge on any atom is -0.472 e. The lowest BCUT2D eigenvalue weighted by molar-refractivity contribution is 0.132. The summed E-state index contributed by atoms with van der Waals surface area (Å²) in [6, 6.07) is 4.96. The number of rotatable bonds is 2. The van der Waals surface area contributed by atoms with E-state index in [9.17, 15) is 5.21 Å². The molecule has 0 saturated heterocycles. The molecule has 0 aromatic carbocycles. The molecule has 0 aliphatic heterocycles. The Morgan fingerprint density at radius 2 is 2.33 bits per heavy atom. The van der Waals surface area contributed by atoms with Crippen molar-refractivity contribution in [1.29, 1.82) is 0 Å². The highest BCUT2D eigenvalue weighted by Gasteiger charge is 1.94. The number of nitrogens with two attached hydrogens (primary N) is 1. The van der Waals surface area contributed by atoms with Gasteiger partial charge in [-0.3, -0.25) is 4.99 Å². The monoisotopic (exact) mass is 206 g/mol. The predicted octanol–water partition coefficient (Wildman–Crippen LogP) is 0.396. The summed E-state index contributed by atoms with van der Waals surface area (Å²) in [5.41, 5.74) is 6.63. The average molecular weight is 206 g/mol. The first-order valence-electron chi connectivity index (χ1n) is 4.32. The molecule has 0 aliphatic rings. The van der Waals surface area contributed by atoms with Gasteiger partial charge in [-0.25, -0.2) is 0 Å². The van der Waals surface area contributed by atoms with Crippen molar-refractivity contribution in [2.75, 3.05) is 5.73 Å². The van der Waals surface area contributed by atoms with Crippen molar-refractivity contribution < 1.29 is 9.62 Å². The molecular weight excluding hydrogens is 196 g/mol. The van der Waals surface area contributed by atoms with Gasteiger partial charge in [-0.1, -0.05) is 4.85 Å². The zero-order valence-corrected chi connectivity index (χ0v) is 7.87. The molecule has 3 N–H and O–H groups in total. The average Bonchev–Trinajstić information content (AvgIpc) is 2.69. The van der Waals surface area contributed by atoms with Gasteiger partial charge in [0.15, 0.2) is 5.49 Å². The number of anilines is 1. The molecular formula is C9H10N4O2. The molecule has 0 saturated carbocycles. The van der Waals surface area contributed by atoms with Gasteiger partial charge < -0.3 is 15.4 Å². The first-order valence-corrected chi connectivity index (χ1v) is 4.32. The van der Waals surface area contributed by atoms with Gasteiger partial charge in [-0.05, 0) is 18.2 Å². The summed E-state index contributed by atoms with van der Waals surface area (Å²) in [5, 5.41) is 12.9. The van der Waals surface area contributed by atoms with Crippen LogP contribution in [0.15, 0.2) is 40.1 Å². The summed E-state index contributed by atoms with van der Waals surface area (Å²) in [7, 11) is 0. The first kappa shape index (κ1) is 9.32. The molecule has 2 rings (SSSR count). The van der Waals surface area contributed by atoms with Crippen molar-refractivity contribution in [1.82, 2.24) is 9.94 Å². The molecule has 15 heavy (non-hydrogen) atoms. The number of nitrogens with zero attached hydrogens (tertiary/aromatic N) is 3. The van der Waals surface area contributed by atoms with E-state index in [1.165, 1.54) is 0 Å². The van der Waals surface area contributed by atoms with Crippen LogP contribution in [0.4, 0.5) is 5.82 Å². The molecule has 0 unspecified atom stereocenters. The topological polar surface area (TPSA) is 89.6 Å². The van der Waals surface area contributed by atoms with Crippen LogP contribution in [0.3, 0.4) is 0 Å². The largest absolute Gasteiger partial charge is 0.472 e. The summed E-state index contributed by atoms with van der Waals surface area (Å²) in [4.78, 5) is 4.77. The molecule has 2 heterocycles. The van der Waals surface area contributed by atoms with E-state index in [0.717, 1.165) is 5.56 Å². The first-order chi connectivity index (χ1) is 7.25. The molecule has 6 nitrogen and oxygen atoms in total. The maximum Gasteiger partial charge on any atom is 0.185 e. The molecule has 0 radical (unpaired) electrons. The van der Waals surface area contributed by atoms with Crippen molar-refractivity contribution in [3.05, 3.63) is 41.8 Å². The third-order valence-electron chi connectivity index (χ3n) is 1.82. The fourth-order valence-electron chi connectivity index (χ4n) is 1.09. The van der Waals surface area contributed by atoms with E-state index in [1.54, 1.807) is 30.7 Å². The van der Waals surface area contributed by atoms with Gasteiger partial charge in [0.2, 0.25) is 0 Å². The van der Waals surface area contributed by atoms with Gasteiger partial charge in [0.25, 0.3) is 0 Å². The van der Waals surface area contributed by atoms with E-state index in [1.807, 2.05) is 0 Å². The van der Waals surface area contributed by atoms with Crippen molar-refractivity contribution in [2.24, 2.45) is 4.99 Å². The smallest absolute Gasteiger partial charge is 0.185 e. The summed E-state index contributed by atoms with van der Waals surface area (Å²) in [6.07, 6.45) is 3.16. The van der Waals surface area contributed by atoms with Gasteiger partial charge in [0.05, 0.1) is 19.1 Å². The second-order valence-electron chi connectivity index (χ2n) is 2.95. The molecule has 6 heteroatoms. The summed E-state index contributed by atoms with van der Waals surface area (Å²) >= 11 is 0. The van der Waals surface area contributed by atoms with Gasteiger partial charge >= 0.3 is 0 Å². The molecule has 0 atom stereocenters. The van der Waals surface area contributed by atoms with Crippen LogP contribution < -0.4 is 11.2 Å². The standard InChI is InChI=1S/C9H10N4O2/c10-8-1-2-9(13(14)12-8)11-5-7-3-4-15-6-7/h1-4,6,14H,5H2,(H2,10,12). The number of hydrogen-bond donors (Lipinski definition) is 2. The van der Waals surface area contributed by atoms with E-state index in [4.69, 9.17) is 10.2 Å². The summed E-state index contributed by atoms with van der Waals surface area (Å²) in [5.74, 6) is 0.236. The lowest BCUT2D eigenvalue weighted by atomic mass is 10.3. The Kier molecular flexibility index (Phi) is 2.40. The second-order valence-corrected chi connectivity index (χ2v) is 2.95. The van der Waals surface area contributed by atoms with Gasteiger partial charge in [0.1, 0.15) is 5.82 Å². The number of nitrogen functional groups attached to an aromatic ring is 1. The van der Waals surface area contributed by atoms with Crippen molar-refractivity contribution >= 4 is 5.82 Å². The lowest BCUT2D eigenvalue weighted by Crippen LogP contribution is -2.22. The Morgan fingerprint density at radius 3 is 3.00 bits per heavy atom. The second kappa shape index (κ2) is 3.87. The lowest BCUT2D eigenvalue weighted by Gasteiger charge is -1.97. The molecule has 0 fully saturated rings. The molecule has 78 valence electrons. The molecule has 0 spiro atoms. The fraction of sp³-hybridized carbons (Fsp3) is 0.111. The molecule has 2 aromatic rings. The van der Waals surface area contributed by atoms with Gasteiger partial charge in [0, 0.05) is 5.56 Å². The third-order valence-corrected chi connectivity index (χ3v) is 1.82. The van der Waals surface area contributed by atoms with Gasteiger partial charge in [-0.15, -0.1) is 5.10 Å². The van der Waals surface area contributed by atoms with E-state index in [0.29, 0.717) is 16.9 Å². The SMILES string of the molecule is Nc1ccc(=NCc2ccoc2)n(O)n1. The maximum atomic E-state index is 9.33. The van der Waals surface area contributed by atoms with E-state index in [2.05, 4.69) is 10.1 Å². The highest BCUT2D eigenvalue weighted by atomic mass is 16.5. The Labute approximate surface area is 85.2 Å². The van der Waals surface area contributed by atoms with Crippen LogP contribution in [0, 0.1) is 0 Å². The summed E-state index contributed by atoms with van der Waals surface area (Å²) < 4.78 is 4.89. The van der Waals surface area contributed by atoms with E-state index in [-0.39, 0.29) is 5.82 Å². The Hall–Kier alpha value is -2.24. The Balaban J connectivity index is 2.26. The third kappa shape index (κ3) is 2.16. The van der Waals surface area contributed by atoms with Crippen LogP contribution in [0.25, 0.3) is 0 Å². The van der Waals surface area contributed by atoms with Gasteiger partial charge in [-0.2, -0.15) is 0 Å². The fourth-order valence-corrected chi connectivity index (χ4v) is 1.09.